The summed E-state index contributed by atoms with van der Waals surface area (Å²) in [7, 11) is -3.89. The summed E-state index contributed by atoms with van der Waals surface area (Å²) in [4.78, 5) is 28.6. The number of nitrogens with zero attached hydrogens (tertiary/aromatic N) is 2. The molecule has 0 radical (unpaired) electrons. The first-order chi connectivity index (χ1) is 17.1. The first kappa shape index (κ1) is 28.3. The molecule has 2 amide bonds. The van der Waals surface area contributed by atoms with Crippen molar-refractivity contribution in [2.45, 2.75) is 64.1 Å². The van der Waals surface area contributed by atoms with Crippen LogP contribution in [0.4, 0.5) is 5.69 Å². The number of hydrogen-bond donors (Lipinski definition) is 1. The third kappa shape index (κ3) is 7.60. The molecule has 10 heteroatoms. The molecular formula is C26H33Cl2N3O4S. The maximum atomic E-state index is 13.7. The number of hydrogen-bond acceptors (Lipinski definition) is 4. The van der Waals surface area contributed by atoms with Crippen LogP contribution in [0.25, 0.3) is 0 Å². The molecule has 2 aromatic carbocycles. The zero-order valence-corrected chi connectivity index (χ0v) is 23.0. The summed E-state index contributed by atoms with van der Waals surface area (Å²) in [5, 5.41) is 3.55. The van der Waals surface area contributed by atoms with Gasteiger partial charge in [-0.25, -0.2) is 8.42 Å². The Morgan fingerprint density at radius 1 is 1.06 bits per heavy atom. The minimum Gasteiger partial charge on any atom is -0.352 e. The van der Waals surface area contributed by atoms with Gasteiger partial charge in [0.15, 0.2) is 0 Å². The summed E-state index contributed by atoms with van der Waals surface area (Å²) in [5.74, 6) is -0.730. The van der Waals surface area contributed by atoms with Crippen LogP contribution in [0.1, 0.15) is 51.0 Å². The maximum absolute atomic E-state index is 13.7. The molecule has 1 aliphatic carbocycles. The molecule has 0 heterocycles. The fraction of sp³-hybridized carbons (Fsp3) is 0.462. The van der Waals surface area contributed by atoms with Crippen molar-refractivity contribution < 1.29 is 18.0 Å². The predicted octanol–water partition coefficient (Wildman–Crippen LogP) is 5.02. The Morgan fingerprint density at radius 2 is 1.72 bits per heavy atom. The van der Waals surface area contributed by atoms with Crippen LogP contribution >= 0.6 is 23.2 Å². The average molecular weight is 555 g/mol. The van der Waals surface area contributed by atoms with Crippen molar-refractivity contribution in [2.24, 2.45) is 0 Å². The number of sulfonamides is 1. The molecule has 1 atom stereocenters. The van der Waals surface area contributed by atoms with E-state index in [1.165, 1.54) is 17.0 Å². The predicted molar refractivity (Wildman–Crippen MR) is 145 cm³/mol. The van der Waals surface area contributed by atoms with E-state index in [-0.39, 0.29) is 34.2 Å². The second kappa shape index (κ2) is 12.8. The molecule has 1 N–H and O–H groups in total. The molecule has 1 fully saturated rings. The van der Waals surface area contributed by atoms with Crippen LogP contribution in [0, 0.1) is 0 Å². The molecule has 0 aromatic heterocycles. The highest BCUT2D eigenvalue weighted by Gasteiger charge is 2.33. The summed E-state index contributed by atoms with van der Waals surface area (Å²) >= 11 is 12.4. The van der Waals surface area contributed by atoms with Crippen molar-refractivity contribution in [1.29, 1.82) is 0 Å². The van der Waals surface area contributed by atoms with Gasteiger partial charge >= 0.3 is 0 Å². The molecule has 1 saturated carbocycles. The highest BCUT2D eigenvalue weighted by atomic mass is 35.5. The van der Waals surface area contributed by atoms with E-state index in [0.717, 1.165) is 48.2 Å². The minimum absolute atomic E-state index is 0.0896. The lowest BCUT2D eigenvalue weighted by Crippen LogP contribution is -2.54. The molecule has 36 heavy (non-hydrogen) atoms. The van der Waals surface area contributed by atoms with E-state index in [9.17, 15) is 18.0 Å². The van der Waals surface area contributed by atoms with Crippen molar-refractivity contribution >= 4 is 50.7 Å². The van der Waals surface area contributed by atoms with Gasteiger partial charge in [0, 0.05) is 17.6 Å². The lowest BCUT2D eigenvalue weighted by atomic mass is 9.95. The first-order valence-electron chi connectivity index (χ1n) is 12.2. The van der Waals surface area contributed by atoms with Gasteiger partial charge in [-0.1, -0.05) is 79.7 Å². The van der Waals surface area contributed by atoms with E-state index in [2.05, 4.69) is 5.32 Å². The Balaban J connectivity index is 1.92. The molecule has 2 aromatic rings. The molecule has 1 unspecified atom stereocenters. The second-order valence-electron chi connectivity index (χ2n) is 9.14. The van der Waals surface area contributed by atoms with Crippen molar-refractivity contribution in [3.8, 4) is 0 Å². The van der Waals surface area contributed by atoms with Crippen LogP contribution in [0.3, 0.4) is 0 Å². The summed E-state index contributed by atoms with van der Waals surface area (Å²) < 4.78 is 26.4. The molecule has 196 valence electrons. The van der Waals surface area contributed by atoms with Crippen LogP contribution in [-0.4, -0.2) is 50.0 Å². The lowest BCUT2D eigenvalue weighted by Gasteiger charge is -2.34. The number of rotatable bonds is 10. The monoisotopic (exact) mass is 553 g/mol. The van der Waals surface area contributed by atoms with E-state index in [1.807, 2.05) is 37.3 Å². The number of benzene rings is 2. The fourth-order valence-corrected chi connectivity index (χ4v) is 5.80. The smallest absolute Gasteiger partial charge is 0.244 e. The normalized spacial score (nSPS) is 15.2. The molecular weight excluding hydrogens is 521 g/mol. The Hall–Kier alpha value is -2.29. The van der Waals surface area contributed by atoms with Gasteiger partial charge in [-0.15, -0.1) is 0 Å². The van der Waals surface area contributed by atoms with Crippen molar-refractivity contribution in [3.05, 3.63) is 64.1 Å². The zero-order valence-electron chi connectivity index (χ0n) is 20.6. The average Bonchev–Trinajstić information content (AvgIpc) is 2.84. The standard InChI is InChI=1S/C26H33Cl2N3O4S/c1-3-23(26(33)29-21-12-8-5-9-13-21)30(17-19-10-6-4-7-11-19)25(32)18-31(36(2,34)35)24-16-20(27)14-15-22(24)28/h4,6-7,10-11,14-16,21,23H,3,5,8-9,12-13,17-18H2,1-2H3,(H,29,33). The Kier molecular flexibility index (Phi) is 10.0. The third-order valence-electron chi connectivity index (χ3n) is 6.39. The van der Waals surface area contributed by atoms with Crippen LogP contribution in [-0.2, 0) is 26.2 Å². The number of halogens is 2. The van der Waals surface area contributed by atoms with Crippen LogP contribution in [0.5, 0.6) is 0 Å². The molecule has 0 saturated heterocycles. The Labute approximate surface area is 223 Å². The van der Waals surface area contributed by atoms with E-state index >= 15 is 0 Å². The fourth-order valence-electron chi connectivity index (χ4n) is 4.52. The minimum atomic E-state index is -3.89. The number of carbonyl (C=O) groups is 2. The summed E-state index contributed by atoms with van der Waals surface area (Å²) in [5.41, 5.74) is 0.945. The van der Waals surface area contributed by atoms with Gasteiger partial charge in [0.05, 0.1) is 17.0 Å². The molecule has 1 aliphatic rings. The molecule has 0 spiro atoms. The molecule has 0 bridgehead atoms. The van der Waals surface area contributed by atoms with Gasteiger partial charge in [0.1, 0.15) is 12.6 Å². The third-order valence-corrected chi connectivity index (χ3v) is 8.07. The van der Waals surface area contributed by atoms with Gasteiger partial charge in [0.25, 0.3) is 0 Å². The number of nitrogens with one attached hydrogen (secondary N) is 1. The molecule has 7 nitrogen and oxygen atoms in total. The van der Waals surface area contributed by atoms with Crippen LogP contribution in [0.15, 0.2) is 48.5 Å². The SMILES string of the molecule is CCC(C(=O)NC1CCCCC1)N(Cc1ccccc1)C(=O)CN(c1cc(Cl)ccc1Cl)S(C)(=O)=O. The largest absolute Gasteiger partial charge is 0.352 e. The van der Waals surface area contributed by atoms with Gasteiger partial charge in [-0.2, -0.15) is 0 Å². The highest BCUT2D eigenvalue weighted by Crippen LogP contribution is 2.31. The maximum Gasteiger partial charge on any atom is 0.244 e. The van der Waals surface area contributed by atoms with Crippen molar-refractivity contribution in [3.63, 3.8) is 0 Å². The van der Waals surface area contributed by atoms with Gasteiger partial charge < -0.3 is 10.2 Å². The van der Waals surface area contributed by atoms with E-state index in [0.29, 0.717) is 6.42 Å². The van der Waals surface area contributed by atoms with Gasteiger partial charge in [-0.05, 0) is 43.0 Å². The number of amides is 2. The summed E-state index contributed by atoms with van der Waals surface area (Å²) in [6.07, 6.45) is 6.53. The van der Waals surface area contributed by atoms with Crippen molar-refractivity contribution in [1.82, 2.24) is 10.2 Å². The number of carbonyl (C=O) groups excluding carboxylic acids is 2. The van der Waals surface area contributed by atoms with Crippen LogP contribution < -0.4 is 9.62 Å². The Morgan fingerprint density at radius 3 is 2.33 bits per heavy atom. The van der Waals surface area contributed by atoms with E-state index in [1.54, 1.807) is 6.07 Å². The second-order valence-corrected chi connectivity index (χ2v) is 11.9. The Bertz CT molecular complexity index is 1160. The highest BCUT2D eigenvalue weighted by molar-refractivity contribution is 7.92. The van der Waals surface area contributed by atoms with E-state index in [4.69, 9.17) is 23.2 Å². The van der Waals surface area contributed by atoms with Gasteiger partial charge in [-0.3, -0.25) is 13.9 Å². The lowest BCUT2D eigenvalue weighted by molar-refractivity contribution is -0.140. The zero-order chi connectivity index (χ0) is 26.3. The van der Waals surface area contributed by atoms with Crippen molar-refractivity contribution in [2.75, 3.05) is 17.1 Å². The molecule has 3 rings (SSSR count). The van der Waals surface area contributed by atoms with E-state index < -0.39 is 28.5 Å². The quantitative estimate of drug-likeness (QED) is 0.447. The first-order valence-corrected chi connectivity index (χ1v) is 14.8. The van der Waals surface area contributed by atoms with Crippen LogP contribution in [0.2, 0.25) is 10.0 Å². The van der Waals surface area contributed by atoms with Gasteiger partial charge in [0.2, 0.25) is 21.8 Å². The number of anilines is 1. The summed E-state index contributed by atoms with van der Waals surface area (Å²) in [6, 6.07) is 13.1. The topological polar surface area (TPSA) is 86.8 Å². The summed E-state index contributed by atoms with van der Waals surface area (Å²) in [6.45, 7) is 1.49. The molecule has 0 aliphatic heterocycles.